The highest BCUT2D eigenvalue weighted by atomic mass is 16.5. The maximum atomic E-state index is 5.94. The van der Waals surface area contributed by atoms with Crippen molar-refractivity contribution < 1.29 is 9.47 Å². The van der Waals surface area contributed by atoms with E-state index in [0.29, 0.717) is 36.6 Å². The minimum atomic E-state index is -0.214. The van der Waals surface area contributed by atoms with Crippen molar-refractivity contribution in [2.75, 3.05) is 18.9 Å². The maximum Gasteiger partial charge on any atom is 0.167 e. The highest BCUT2D eigenvalue weighted by Gasteiger charge is 2.18. The van der Waals surface area contributed by atoms with Gasteiger partial charge in [0.2, 0.25) is 0 Å². The lowest BCUT2D eigenvalue weighted by atomic mass is 10.3. The molecule has 2 aromatic heterocycles. The molecule has 0 fully saturated rings. The molecule has 2 N–H and O–H groups in total. The van der Waals surface area contributed by atoms with Crippen LogP contribution in [0.3, 0.4) is 0 Å². The molecule has 0 saturated carbocycles. The van der Waals surface area contributed by atoms with Gasteiger partial charge in [0.25, 0.3) is 0 Å². The number of aromatic nitrogens is 4. The summed E-state index contributed by atoms with van der Waals surface area (Å²) in [5.74, 6) is 0.366. The van der Waals surface area contributed by atoms with Crippen molar-refractivity contribution in [1.29, 1.82) is 0 Å². The van der Waals surface area contributed by atoms with Crippen LogP contribution in [0.5, 0.6) is 0 Å². The third-order valence-corrected chi connectivity index (χ3v) is 2.87. The van der Waals surface area contributed by atoms with Crippen LogP contribution in [0.1, 0.15) is 26.5 Å². The molecule has 2 rings (SSSR count). The summed E-state index contributed by atoms with van der Waals surface area (Å²) in [5, 5.41) is 0. The molecule has 114 valence electrons. The molecule has 2 aromatic rings. The lowest BCUT2D eigenvalue weighted by molar-refractivity contribution is -0.0518. The number of nitrogens with zero attached hydrogens (tertiary/aromatic N) is 4. The highest BCUT2D eigenvalue weighted by molar-refractivity contribution is 5.81. The number of hydrogen-bond donors (Lipinski definition) is 1. The van der Waals surface area contributed by atoms with Gasteiger partial charge in [-0.2, -0.15) is 0 Å². The molecular weight excluding hydrogens is 270 g/mol. The minimum Gasteiger partial charge on any atom is -0.382 e. The first-order chi connectivity index (χ1) is 10.1. The average Bonchev–Trinajstić information content (AvgIpc) is 2.87. The molecule has 0 aliphatic rings. The summed E-state index contributed by atoms with van der Waals surface area (Å²) in [4.78, 5) is 12.5. The molecule has 1 atom stereocenters. The van der Waals surface area contributed by atoms with Crippen molar-refractivity contribution in [2.24, 2.45) is 0 Å². The first-order valence-corrected chi connectivity index (χ1v) is 6.90. The van der Waals surface area contributed by atoms with Crippen LogP contribution in [-0.2, 0) is 9.47 Å². The number of nitrogens with two attached hydrogens (primary N) is 1. The van der Waals surface area contributed by atoms with Gasteiger partial charge in [0.1, 0.15) is 18.1 Å². The van der Waals surface area contributed by atoms with E-state index in [1.54, 1.807) is 12.4 Å². The van der Waals surface area contributed by atoms with Gasteiger partial charge < -0.3 is 15.2 Å². The largest absolute Gasteiger partial charge is 0.382 e. The quantitative estimate of drug-likeness (QED) is 0.590. The Morgan fingerprint density at radius 1 is 1.38 bits per heavy atom. The Bertz CT molecular complexity index is 596. The van der Waals surface area contributed by atoms with Crippen molar-refractivity contribution >= 4 is 17.0 Å². The minimum absolute atomic E-state index is 0.0750. The standard InChI is InChI=1S/C14H21N5O2/c1-4-6-20-7-5-11(21-10(2)3)19-9-18-12-13(15)16-8-17-14(12)19/h4,8-11H,1,5-7H2,2-3H3,(H2,15,16,17)/t11-/m1/s1. The summed E-state index contributed by atoms with van der Waals surface area (Å²) < 4.78 is 13.2. The molecule has 0 aromatic carbocycles. The lowest BCUT2D eigenvalue weighted by Gasteiger charge is -2.22. The molecule has 0 unspecified atom stereocenters. The second-order valence-electron chi connectivity index (χ2n) is 4.87. The molecule has 0 saturated heterocycles. The molecule has 7 nitrogen and oxygen atoms in total. The van der Waals surface area contributed by atoms with Crippen LogP contribution in [-0.4, -0.2) is 38.8 Å². The van der Waals surface area contributed by atoms with Crippen molar-refractivity contribution in [2.45, 2.75) is 32.6 Å². The summed E-state index contributed by atoms with van der Waals surface area (Å²) in [6.45, 7) is 8.68. The number of imidazole rings is 1. The number of fused-ring (bicyclic) bond motifs is 1. The van der Waals surface area contributed by atoms with E-state index in [1.807, 2.05) is 18.4 Å². The number of rotatable bonds is 8. The Kier molecular flexibility index (Phi) is 5.24. The van der Waals surface area contributed by atoms with Crippen LogP contribution in [0.2, 0.25) is 0 Å². The molecule has 21 heavy (non-hydrogen) atoms. The zero-order chi connectivity index (χ0) is 15.2. The van der Waals surface area contributed by atoms with Gasteiger partial charge in [-0.05, 0) is 13.8 Å². The smallest absolute Gasteiger partial charge is 0.167 e. The Hall–Kier alpha value is -1.99. The monoisotopic (exact) mass is 291 g/mol. The van der Waals surface area contributed by atoms with Crippen molar-refractivity contribution in [1.82, 2.24) is 19.5 Å². The van der Waals surface area contributed by atoms with Crippen LogP contribution < -0.4 is 5.73 Å². The van der Waals surface area contributed by atoms with Gasteiger partial charge in [0.05, 0.1) is 25.6 Å². The fourth-order valence-electron chi connectivity index (χ4n) is 2.02. The first kappa shape index (κ1) is 15.4. The molecule has 0 amide bonds. The summed E-state index contributed by atoms with van der Waals surface area (Å²) in [5.41, 5.74) is 7.06. The fourth-order valence-corrected chi connectivity index (χ4v) is 2.02. The molecule has 0 radical (unpaired) electrons. The maximum absolute atomic E-state index is 5.94. The molecule has 0 bridgehead atoms. The molecule has 0 spiro atoms. The predicted octanol–water partition coefficient (Wildman–Crippen LogP) is 1.92. The van der Waals surface area contributed by atoms with E-state index in [2.05, 4.69) is 21.5 Å². The van der Waals surface area contributed by atoms with Crippen LogP contribution >= 0.6 is 0 Å². The fraction of sp³-hybridized carbons (Fsp3) is 0.500. The van der Waals surface area contributed by atoms with Gasteiger partial charge in [-0.25, -0.2) is 15.0 Å². The zero-order valence-electron chi connectivity index (χ0n) is 12.4. The van der Waals surface area contributed by atoms with Crippen molar-refractivity contribution in [3.8, 4) is 0 Å². The van der Waals surface area contributed by atoms with E-state index in [4.69, 9.17) is 15.2 Å². The third-order valence-electron chi connectivity index (χ3n) is 2.87. The average molecular weight is 291 g/mol. The Morgan fingerprint density at radius 3 is 2.90 bits per heavy atom. The van der Waals surface area contributed by atoms with E-state index in [9.17, 15) is 0 Å². The normalized spacial score (nSPS) is 12.9. The van der Waals surface area contributed by atoms with E-state index in [-0.39, 0.29) is 12.3 Å². The Balaban J connectivity index is 2.21. The molecule has 7 heteroatoms. The van der Waals surface area contributed by atoms with Gasteiger partial charge in [0, 0.05) is 6.42 Å². The predicted molar refractivity (Wildman–Crippen MR) is 80.6 cm³/mol. The zero-order valence-corrected chi connectivity index (χ0v) is 12.4. The second kappa shape index (κ2) is 7.14. The van der Waals surface area contributed by atoms with Gasteiger partial charge >= 0.3 is 0 Å². The first-order valence-electron chi connectivity index (χ1n) is 6.90. The third kappa shape index (κ3) is 3.77. The molecule has 0 aliphatic carbocycles. The summed E-state index contributed by atoms with van der Waals surface area (Å²) in [6.07, 6.45) is 5.37. The Labute approximate surface area is 123 Å². The van der Waals surface area contributed by atoms with Crippen molar-refractivity contribution in [3.63, 3.8) is 0 Å². The van der Waals surface area contributed by atoms with E-state index in [1.165, 1.54) is 6.33 Å². The van der Waals surface area contributed by atoms with Crippen molar-refractivity contribution in [3.05, 3.63) is 25.3 Å². The topological polar surface area (TPSA) is 88.1 Å². The van der Waals surface area contributed by atoms with Gasteiger partial charge in [-0.15, -0.1) is 6.58 Å². The number of anilines is 1. The van der Waals surface area contributed by atoms with E-state index >= 15 is 0 Å². The van der Waals surface area contributed by atoms with E-state index in [0.717, 1.165) is 0 Å². The van der Waals surface area contributed by atoms with E-state index < -0.39 is 0 Å². The Morgan fingerprint density at radius 2 is 2.19 bits per heavy atom. The summed E-state index contributed by atoms with van der Waals surface area (Å²) in [7, 11) is 0. The number of hydrogen-bond acceptors (Lipinski definition) is 6. The molecule has 0 aliphatic heterocycles. The number of ether oxygens (including phenoxy) is 2. The van der Waals surface area contributed by atoms with Crippen LogP contribution in [0.15, 0.2) is 25.3 Å². The number of nitrogen functional groups attached to an aromatic ring is 1. The SMILES string of the molecule is C=CCOCC[C@@H](OC(C)C)n1cnc2c(N)ncnc21. The van der Waals surface area contributed by atoms with Gasteiger partial charge in [-0.1, -0.05) is 6.08 Å². The molecule has 2 heterocycles. The van der Waals surface area contributed by atoms with Gasteiger partial charge in [-0.3, -0.25) is 4.57 Å². The second-order valence-corrected chi connectivity index (χ2v) is 4.87. The summed E-state index contributed by atoms with van der Waals surface area (Å²) >= 11 is 0. The lowest BCUT2D eigenvalue weighted by Crippen LogP contribution is -2.19. The highest BCUT2D eigenvalue weighted by Crippen LogP contribution is 2.23. The van der Waals surface area contributed by atoms with Crippen LogP contribution in [0.4, 0.5) is 5.82 Å². The van der Waals surface area contributed by atoms with Crippen LogP contribution in [0, 0.1) is 0 Å². The van der Waals surface area contributed by atoms with Crippen LogP contribution in [0.25, 0.3) is 11.2 Å². The summed E-state index contributed by atoms with van der Waals surface area (Å²) in [6, 6.07) is 0. The van der Waals surface area contributed by atoms with Gasteiger partial charge in [0.15, 0.2) is 11.5 Å². The molecular formula is C14H21N5O2.